The fourth-order valence-corrected chi connectivity index (χ4v) is 2.62. The van der Waals surface area contributed by atoms with Gasteiger partial charge in [-0.05, 0) is 42.0 Å². The number of carbonyl (C=O) groups is 3. The van der Waals surface area contributed by atoms with Gasteiger partial charge in [0.25, 0.3) is 5.91 Å². The maximum absolute atomic E-state index is 12.1. The second-order valence-corrected chi connectivity index (χ2v) is 6.45. The molecule has 5 N–H and O–H groups in total. The van der Waals surface area contributed by atoms with E-state index in [0.717, 1.165) is 5.56 Å². The van der Waals surface area contributed by atoms with E-state index in [1.165, 1.54) is 14.0 Å². The number of methoxy groups -OCH3 is 1. The number of rotatable bonds is 9. The Morgan fingerprint density at radius 1 is 1.07 bits per heavy atom. The first-order valence-corrected chi connectivity index (χ1v) is 9.09. The lowest BCUT2D eigenvalue weighted by atomic mass is 10.1. The van der Waals surface area contributed by atoms with E-state index < -0.39 is 12.0 Å². The molecule has 0 heterocycles. The first-order valence-electron chi connectivity index (χ1n) is 9.09. The van der Waals surface area contributed by atoms with Gasteiger partial charge in [-0.3, -0.25) is 15.0 Å². The number of nitrogen functional groups attached to an aromatic ring is 1. The van der Waals surface area contributed by atoms with Gasteiger partial charge in [-0.15, -0.1) is 0 Å². The second kappa shape index (κ2) is 10.6. The van der Waals surface area contributed by atoms with Crippen LogP contribution in [0.15, 0.2) is 48.5 Å². The molecule has 0 radical (unpaired) electrons. The number of amidine groups is 1. The molecule has 0 saturated heterocycles. The highest BCUT2D eigenvalue weighted by Crippen LogP contribution is 2.14. The summed E-state index contributed by atoms with van der Waals surface area (Å²) < 4.78 is 10.1. The van der Waals surface area contributed by atoms with Crippen molar-refractivity contribution in [3.63, 3.8) is 0 Å². The molecular formula is C21H24N4O5. The monoisotopic (exact) mass is 412 g/mol. The number of ether oxygens (including phenoxy) is 2. The third-order valence-corrected chi connectivity index (χ3v) is 4.08. The molecule has 2 amide bonds. The van der Waals surface area contributed by atoms with Crippen LogP contribution in [0.5, 0.6) is 5.75 Å². The van der Waals surface area contributed by atoms with Gasteiger partial charge in [0, 0.05) is 24.6 Å². The van der Waals surface area contributed by atoms with Crippen LogP contribution in [0.4, 0.5) is 5.69 Å². The van der Waals surface area contributed by atoms with Gasteiger partial charge in [-0.1, -0.05) is 12.1 Å². The van der Waals surface area contributed by atoms with Gasteiger partial charge in [0.1, 0.15) is 17.6 Å². The molecule has 0 aliphatic carbocycles. The zero-order valence-corrected chi connectivity index (χ0v) is 16.7. The van der Waals surface area contributed by atoms with Crippen molar-refractivity contribution in [3.8, 4) is 5.75 Å². The molecule has 0 spiro atoms. The van der Waals surface area contributed by atoms with E-state index in [-0.39, 0.29) is 30.7 Å². The van der Waals surface area contributed by atoms with Gasteiger partial charge < -0.3 is 25.8 Å². The van der Waals surface area contributed by atoms with Crippen LogP contribution in [-0.2, 0) is 25.5 Å². The Balaban J connectivity index is 1.88. The number of nitrogens with one attached hydrogen (secondary N) is 3. The molecule has 1 atom stereocenters. The predicted molar refractivity (Wildman–Crippen MR) is 111 cm³/mol. The van der Waals surface area contributed by atoms with E-state index in [0.29, 0.717) is 17.0 Å². The topological polar surface area (TPSA) is 144 Å². The molecule has 30 heavy (non-hydrogen) atoms. The van der Waals surface area contributed by atoms with Gasteiger partial charge in [-0.2, -0.15) is 0 Å². The summed E-state index contributed by atoms with van der Waals surface area (Å²) >= 11 is 0. The number of nitrogens with two attached hydrogens (primary N) is 1. The molecule has 2 aromatic carbocycles. The molecular weight excluding hydrogens is 388 g/mol. The quantitative estimate of drug-likeness (QED) is 0.277. The second-order valence-electron chi connectivity index (χ2n) is 6.45. The van der Waals surface area contributed by atoms with E-state index in [9.17, 15) is 14.4 Å². The number of hydrogen-bond donors (Lipinski definition) is 4. The highest BCUT2D eigenvalue weighted by molar-refractivity contribution is 5.95. The van der Waals surface area contributed by atoms with Crippen LogP contribution in [0.3, 0.4) is 0 Å². The van der Waals surface area contributed by atoms with E-state index in [2.05, 4.69) is 10.6 Å². The van der Waals surface area contributed by atoms with Crippen LogP contribution in [0.2, 0.25) is 0 Å². The largest absolute Gasteiger partial charge is 0.484 e. The Morgan fingerprint density at radius 3 is 2.23 bits per heavy atom. The summed E-state index contributed by atoms with van der Waals surface area (Å²) in [4.78, 5) is 35.1. The Labute approximate surface area is 174 Å². The Hall–Kier alpha value is -3.88. The summed E-state index contributed by atoms with van der Waals surface area (Å²) in [6.07, 6.45) is 0.264. The van der Waals surface area contributed by atoms with Crippen molar-refractivity contribution >= 4 is 29.3 Å². The summed E-state index contributed by atoms with van der Waals surface area (Å²) in [5, 5.41) is 12.6. The average molecular weight is 412 g/mol. The molecule has 0 bridgehead atoms. The first-order chi connectivity index (χ1) is 14.3. The van der Waals surface area contributed by atoms with Crippen molar-refractivity contribution < 1.29 is 23.9 Å². The molecule has 158 valence electrons. The van der Waals surface area contributed by atoms with E-state index in [1.807, 2.05) is 0 Å². The van der Waals surface area contributed by atoms with Gasteiger partial charge in [0.15, 0.2) is 6.61 Å². The first kappa shape index (κ1) is 22.4. The number of carbonyl (C=O) groups excluding carboxylic acids is 3. The molecule has 0 aliphatic heterocycles. The molecule has 2 rings (SSSR count). The van der Waals surface area contributed by atoms with Crippen molar-refractivity contribution in [1.29, 1.82) is 5.41 Å². The number of amides is 2. The van der Waals surface area contributed by atoms with Crippen LogP contribution in [0, 0.1) is 5.41 Å². The van der Waals surface area contributed by atoms with Gasteiger partial charge in [-0.25, -0.2) is 4.79 Å². The van der Waals surface area contributed by atoms with Crippen LogP contribution < -0.4 is 21.1 Å². The minimum absolute atomic E-state index is 0.0438. The fourth-order valence-electron chi connectivity index (χ4n) is 2.62. The van der Waals surface area contributed by atoms with E-state index in [4.69, 9.17) is 20.6 Å². The molecule has 9 heteroatoms. The van der Waals surface area contributed by atoms with E-state index in [1.54, 1.807) is 48.5 Å². The Bertz CT molecular complexity index is 910. The normalized spacial score (nSPS) is 11.1. The summed E-state index contributed by atoms with van der Waals surface area (Å²) in [6, 6.07) is 12.6. The van der Waals surface area contributed by atoms with Crippen LogP contribution >= 0.6 is 0 Å². The van der Waals surface area contributed by atoms with Gasteiger partial charge in [0.2, 0.25) is 5.91 Å². The maximum atomic E-state index is 12.1. The molecule has 0 saturated carbocycles. The zero-order chi connectivity index (χ0) is 22.1. The molecule has 0 aromatic heterocycles. The summed E-state index contributed by atoms with van der Waals surface area (Å²) in [5.74, 6) is -0.764. The van der Waals surface area contributed by atoms with Crippen LogP contribution in [-0.4, -0.2) is 43.4 Å². The van der Waals surface area contributed by atoms with Crippen molar-refractivity contribution in [1.82, 2.24) is 5.32 Å². The lowest BCUT2D eigenvalue weighted by Crippen LogP contribution is -2.41. The lowest BCUT2D eigenvalue weighted by molar-refractivity contribution is -0.144. The minimum Gasteiger partial charge on any atom is -0.484 e. The highest BCUT2D eigenvalue weighted by atomic mass is 16.5. The Kier molecular flexibility index (Phi) is 7.92. The number of anilines is 1. The van der Waals surface area contributed by atoms with Gasteiger partial charge in [0.05, 0.1) is 7.11 Å². The van der Waals surface area contributed by atoms with Crippen molar-refractivity contribution in [3.05, 3.63) is 59.7 Å². The average Bonchev–Trinajstić information content (AvgIpc) is 2.72. The van der Waals surface area contributed by atoms with Crippen LogP contribution in [0.25, 0.3) is 0 Å². The molecule has 0 aliphatic rings. The summed E-state index contributed by atoms with van der Waals surface area (Å²) in [6.45, 7) is 1.14. The lowest BCUT2D eigenvalue weighted by Gasteiger charge is -2.15. The standard InChI is InChI=1S/C21H24N4O5/c1-13(26)24-18(21(28)29-2)11-14-3-7-16(8-4-14)25-19(27)12-30-17-9-5-15(6-10-17)20(22)23/h3-10,18H,11-12H2,1-2H3,(H3,22,23)(H,24,26)(H,25,27)/t18-/m0/s1. The SMILES string of the molecule is COC(=O)[C@H](Cc1ccc(NC(=O)COc2ccc(C(=N)N)cc2)cc1)NC(C)=O. The van der Waals surface area contributed by atoms with Crippen molar-refractivity contribution in [2.45, 2.75) is 19.4 Å². The maximum Gasteiger partial charge on any atom is 0.328 e. The molecule has 9 nitrogen and oxygen atoms in total. The number of benzene rings is 2. The highest BCUT2D eigenvalue weighted by Gasteiger charge is 2.20. The zero-order valence-electron chi connectivity index (χ0n) is 16.7. The molecule has 0 fully saturated rings. The van der Waals surface area contributed by atoms with Crippen molar-refractivity contribution in [2.24, 2.45) is 5.73 Å². The Morgan fingerprint density at radius 2 is 1.70 bits per heavy atom. The minimum atomic E-state index is -0.782. The molecule has 0 unspecified atom stereocenters. The summed E-state index contributed by atoms with van der Waals surface area (Å²) in [7, 11) is 1.26. The predicted octanol–water partition coefficient (Wildman–Crippen LogP) is 1.21. The third kappa shape index (κ3) is 6.93. The number of hydrogen-bond acceptors (Lipinski definition) is 6. The smallest absolute Gasteiger partial charge is 0.328 e. The molecule has 2 aromatic rings. The third-order valence-electron chi connectivity index (χ3n) is 4.08. The fraction of sp³-hybridized carbons (Fsp3) is 0.238. The number of esters is 1. The van der Waals surface area contributed by atoms with E-state index >= 15 is 0 Å². The van der Waals surface area contributed by atoms with Gasteiger partial charge >= 0.3 is 5.97 Å². The van der Waals surface area contributed by atoms with Crippen molar-refractivity contribution in [2.75, 3.05) is 19.0 Å². The van der Waals surface area contributed by atoms with Crippen LogP contribution in [0.1, 0.15) is 18.1 Å². The summed E-state index contributed by atoms with van der Waals surface area (Å²) in [5.41, 5.74) is 7.31.